The Morgan fingerprint density at radius 2 is 1.45 bits per heavy atom. The maximum atomic E-state index is 12.4. The van der Waals surface area contributed by atoms with Crippen molar-refractivity contribution in [1.29, 1.82) is 0 Å². The summed E-state index contributed by atoms with van der Waals surface area (Å²) in [6.07, 6.45) is 0.0625. The monoisotopic (exact) mass is 165 g/mol. The first-order chi connectivity index (χ1) is 5.10. The van der Waals surface area contributed by atoms with Crippen LogP contribution in [0.5, 0.6) is 0 Å². The first-order valence-electron chi connectivity index (χ1n) is 4.16. The van der Waals surface area contributed by atoms with Crippen molar-refractivity contribution >= 4 is 0 Å². The molecular weight excluding hydrogens is 148 g/mol. The van der Waals surface area contributed by atoms with Crippen LogP contribution in [0.2, 0.25) is 0 Å². The van der Waals surface area contributed by atoms with Crippen LogP contribution in [0.4, 0.5) is 8.78 Å². The van der Waals surface area contributed by atoms with Crippen molar-refractivity contribution in [2.24, 2.45) is 0 Å². The molecule has 0 radical (unpaired) electrons. The summed E-state index contributed by atoms with van der Waals surface area (Å²) < 4.78 is 24.7. The molecule has 0 unspecified atom stereocenters. The van der Waals surface area contributed by atoms with Gasteiger partial charge in [-0.05, 0) is 7.05 Å². The zero-order valence-electron chi connectivity index (χ0n) is 7.53. The fourth-order valence-electron chi connectivity index (χ4n) is 0.946. The summed E-state index contributed by atoms with van der Waals surface area (Å²) in [5.41, 5.74) is 0. The maximum absolute atomic E-state index is 12.4. The lowest BCUT2D eigenvalue weighted by atomic mass is 10.1. The Hall–Kier alpha value is -0.180. The first kappa shape index (κ1) is 10.8. The number of halogens is 2. The Morgan fingerprint density at radius 3 is 1.73 bits per heavy atom. The van der Waals surface area contributed by atoms with E-state index in [9.17, 15) is 8.78 Å². The molecular formula is C8H17F2N. The van der Waals surface area contributed by atoms with Crippen molar-refractivity contribution in [3.63, 3.8) is 0 Å². The molecule has 0 aromatic heterocycles. The van der Waals surface area contributed by atoms with Crippen LogP contribution in [0.25, 0.3) is 0 Å². The maximum Gasteiger partial charge on any atom is 0.250 e. The molecule has 1 heterocycles. The zero-order chi connectivity index (χ0) is 8.91. The highest BCUT2D eigenvalue weighted by Crippen LogP contribution is 2.26. The summed E-state index contributed by atoms with van der Waals surface area (Å²) in [5.74, 6) is -2.38. The molecule has 1 aliphatic heterocycles. The molecule has 0 amide bonds. The fraction of sp³-hybridized carbons (Fsp3) is 1.00. The van der Waals surface area contributed by atoms with Gasteiger partial charge in [-0.25, -0.2) is 8.78 Å². The van der Waals surface area contributed by atoms with Crippen molar-refractivity contribution in [2.75, 3.05) is 20.1 Å². The van der Waals surface area contributed by atoms with Crippen molar-refractivity contribution in [2.45, 2.75) is 32.6 Å². The van der Waals surface area contributed by atoms with Crippen molar-refractivity contribution < 1.29 is 8.78 Å². The normalized spacial score (nSPS) is 23.7. The number of rotatable bonds is 0. The summed E-state index contributed by atoms with van der Waals surface area (Å²) >= 11 is 0. The molecule has 68 valence electrons. The zero-order valence-corrected chi connectivity index (χ0v) is 7.53. The van der Waals surface area contributed by atoms with Crippen LogP contribution in [0.15, 0.2) is 0 Å². The van der Waals surface area contributed by atoms with E-state index >= 15 is 0 Å². The average molecular weight is 165 g/mol. The third-order valence-corrected chi connectivity index (χ3v) is 1.72. The van der Waals surface area contributed by atoms with Gasteiger partial charge >= 0.3 is 0 Å². The number of hydrogen-bond acceptors (Lipinski definition) is 1. The van der Waals surface area contributed by atoms with Crippen LogP contribution in [0.1, 0.15) is 26.7 Å². The quantitative estimate of drug-likeness (QED) is 0.532. The lowest BCUT2D eigenvalue weighted by Crippen LogP contribution is -2.36. The summed E-state index contributed by atoms with van der Waals surface area (Å²) in [7, 11) is 1.87. The minimum Gasteiger partial charge on any atom is -0.306 e. The largest absolute Gasteiger partial charge is 0.306 e. The molecule has 0 bridgehead atoms. The molecule has 0 spiro atoms. The van der Waals surface area contributed by atoms with Gasteiger partial charge < -0.3 is 4.90 Å². The number of alkyl halides is 2. The predicted molar refractivity (Wildman–Crippen MR) is 43.0 cm³/mol. The third kappa shape index (κ3) is 4.30. The number of nitrogens with zero attached hydrogens (tertiary/aromatic N) is 1. The van der Waals surface area contributed by atoms with E-state index in [2.05, 4.69) is 0 Å². The van der Waals surface area contributed by atoms with E-state index in [4.69, 9.17) is 0 Å². The van der Waals surface area contributed by atoms with E-state index in [0.717, 1.165) is 0 Å². The smallest absolute Gasteiger partial charge is 0.250 e. The molecule has 11 heavy (non-hydrogen) atoms. The van der Waals surface area contributed by atoms with Gasteiger partial charge in [-0.2, -0.15) is 0 Å². The van der Waals surface area contributed by atoms with Crippen LogP contribution in [0, 0.1) is 0 Å². The SMILES string of the molecule is CC.CN1CCC(F)(F)CC1. The van der Waals surface area contributed by atoms with Gasteiger partial charge in [0.2, 0.25) is 0 Å². The second kappa shape index (κ2) is 4.65. The Morgan fingerprint density at radius 1 is 1.09 bits per heavy atom. The van der Waals surface area contributed by atoms with Gasteiger partial charge in [0, 0.05) is 25.9 Å². The number of piperidine rings is 1. The molecule has 1 nitrogen and oxygen atoms in total. The molecule has 0 aromatic rings. The second-order valence-electron chi connectivity index (χ2n) is 2.66. The number of likely N-dealkylation sites (tertiary alicyclic amines) is 1. The van der Waals surface area contributed by atoms with Crippen LogP contribution < -0.4 is 0 Å². The molecule has 1 fully saturated rings. The van der Waals surface area contributed by atoms with Crippen molar-refractivity contribution in [1.82, 2.24) is 4.90 Å². The van der Waals surface area contributed by atoms with Gasteiger partial charge in [0.05, 0.1) is 0 Å². The summed E-state index contributed by atoms with van der Waals surface area (Å²) in [6.45, 7) is 5.07. The summed E-state index contributed by atoms with van der Waals surface area (Å²) in [5, 5.41) is 0. The van der Waals surface area contributed by atoms with E-state index < -0.39 is 5.92 Å². The lowest BCUT2D eigenvalue weighted by Gasteiger charge is -2.28. The van der Waals surface area contributed by atoms with E-state index in [1.807, 2.05) is 25.8 Å². The highest BCUT2D eigenvalue weighted by molar-refractivity contribution is 4.75. The highest BCUT2D eigenvalue weighted by atomic mass is 19.3. The number of hydrogen-bond donors (Lipinski definition) is 0. The first-order valence-corrected chi connectivity index (χ1v) is 4.16. The fourth-order valence-corrected chi connectivity index (χ4v) is 0.946. The van der Waals surface area contributed by atoms with Gasteiger partial charge in [-0.3, -0.25) is 0 Å². The van der Waals surface area contributed by atoms with E-state index in [1.165, 1.54) is 0 Å². The van der Waals surface area contributed by atoms with Crippen LogP contribution >= 0.6 is 0 Å². The van der Waals surface area contributed by atoms with Gasteiger partial charge in [-0.15, -0.1) is 0 Å². The Balaban J connectivity index is 0.000000461. The Kier molecular flexibility index (Phi) is 4.57. The van der Waals surface area contributed by atoms with E-state index in [-0.39, 0.29) is 12.8 Å². The van der Waals surface area contributed by atoms with Crippen LogP contribution in [-0.4, -0.2) is 31.0 Å². The molecule has 0 N–H and O–H groups in total. The molecule has 1 saturated heterocycles. The Labute approximate surface area is 67.4 Å². The van der Waals surface area contributed by atoms with E-state index in [1.54, 1.807) is 0 Å². The van der Waals surface area contributed by atoms with Gasteiger partial charge in [0.25, 0.3) is 5.92 Å². The predicted octanol–water partition coefficient (Wildman–Crippen LogP) is 2.37. The lowest BCUT2D eigenvalue weighted by molar-refractivity contribution is -0.0504. The van der Waals surface area contributed by atoms with Crippen LogP contribution in [0.3, 0.4) is 0 Å². The van der Waals surface area contributed by atoms with E-state index in [0.29, 0.717) is 13.1 Å². The topological polar surface area (TPSA) is 3.24 Å². The minimum atomic E-state index is -2.38. The molecule has 3 heteroatoms. The molecule has 0 aliphatic carbocycles. The molecule has 0 aromatic carbocycles. The van der Waals surface area contributed by atoms with Gasteiger partial charge in [0.1, 0.15) is 0 Å². The van der Waals surface area contributed by atoms with Gasteiger partial charge in [-0.1, -0.05) is 13.8 Å². The molecule has 0 atom stereocenters. The molecule has 1 rings (SSSR count). The standard InChI is InChI=1S/C6H11F2N.C2H6/c1-9-4-2-6(7,8)3-5-9;1-2/h2-5H2,1H3;1-2H3. The Bertz CT molecular complexity index is 94.3. The summed E-state index contributed by atoms with van der Waals surface area (Å²) in [4.78, 5) is 1.93. The highest BCUT2D eigenvalue weighted by Gasteiger charge is 2.32. The van der Waals surface area contributed by atoms with Crippen LogP contribution in [-0.2, 0) is 0 Å². The average Bonchev–Trinajstić information content (AvgIpc) is 2.00. The molecule has 1 aliphatic rings. The van der Waals surface area contributed by atoms with Crippen molar-refractivity contribution in [3.8, 4) is 0 Å². The summed E-state index contributed by atoms with van der Waals surface area (Å²) in [6, 6.07) is 0. The van der Waals surface area contributed by atoms with Crippen molar-refractivity contribution in [3.05, 3.63) is 0 Å². The molecule has 0 saturated carbocycles. The third-order valence-electron chi connectivity index (χ3n) is 1.72. The van der Waals surface area contributed by atoms with Gasteiger partial charge in [0.15, 0.2) is 0 Å². The minimum absolute atomic E-state index is 0.0312. The second-order valence-corrected chi connectivity index (χ2v) is 2.66.